The second-order valence-corrected chi connectivity index (χ2v) is 3.51. The van der Waals surface area contributed by atoms with E-state index in [1.807, 2.05) is 6.92 Å². The summed E-state index contributed by atoms with van der Waals surface area (Å²) in [6, 6.07) is 0. The van der Waals surface area contributed by atoms with Gasteiger partial charge in [0.1, 0.15) is 0 Å². The number of rotatable bonds is 5. The molecule has 0 saturated carbocycles. The van der Waals surface area contributed by atoms with Gasteiger partial charge in [-0.05, 0) is 0 Å². The molecule has 0 spiro atoms. The lowest BCUT2D eigenvalue weighted by Crippen LogP contribution is -2.30. The summed E-state index contributed by atoms with van der Waals surface area (Å²) in [5, 5.41) is 2.75. The van der Waals surface area contributed by atoms with E-state index < -0.39 is 0 Å². The minimum atomic E-state index is 0.0746. The zero-order valence-electron chi connectivity index (χ0n) is 6.89. The Bertz CT molecular complexity index is 119. The van der Waals surface area contributed by atoms with Crippen LogP contribution < -0.4 is 5.32 Å². The first-order valence-electron chi connectivity index (χ1n) is 3.60. The van der Waals surface area contributed by atoms with Gasteiger partial charge < -0.3 is 10.1 Å². The minimum Gasteiger partial charge on any atom is -0.383 e. The van der Waals surface area contributed by atoms with Crippen molar-refractivity contribution in [2.24, 2.45) is 0 Å². The van der Waals surface area contributed by atoms with Crippen molar-refractivity contribution < 1.29 is 9.53 Å². The molecule has 0 aliphatic heterocycles. The summed E-state index contributed by atoms with van der Waals surface area (Å²) in [6.07, 6.45) is 0.534. The van der Waals surface area contributed by atoms with Gasteiger partial charge >= 0.3 is 0 Å². The molecule has 3 nitrogen and oxygen atoms in total. The molecule has 4 heteroatoms. The highest BCUT2D eigenvalue weighted by Gasteiger charge is 2.03. The van der Waals surface area contributed by atoms with Gasteiger partial charge in [-0.2, -0.15) is 0 Å². The van der Waals surface area contributed by atoms with Crippen LogP contribution in [0.3, 0.4) is 0 Å². The summed E-state index contributed by atoms with van der Waals surface area (Å²) in [5.74, 6) is 0.0746. The van der Waals surface area contributed by atoms with Gasteiger partial charge in [-0.15, -0.1) is 0 Å². The first-order chi connectivity index (χ1) is 5.20. The molecule has 1 atom stereocenters. The van der Waals surface area contributed by atoms with E-state index >= 15 is 0 Å². The third kappa shape index (κ3) is 6.31. The number of hydrogen-bond acceptors (Lipinski definition) is 2. The van der Waals surface area contributed by atoms with Crippen molar-refractivity contribution in [1.29, 1.82) is 0 Å². The number of carbonyl (C=O) groups excluding carboxylic acids is 1. The second kappa shape index (κ2) is 6.61. The molecule has 0 fully saturated rings. The van der Waals surface area contributed by atoms with Gasteiger partial charge in [-0.25, -0.2) is 0 Å². The van der Waals surface area contributed by atoms with E-state index in [1.165, 1.54) is 0 Å². The van der Waals surface area contributed by atoms with Crippen LogP contribution in [0.4, 0.5) is 0 Å². The highest BCUT2D eigenvalue weighted by atomic mass is 79.9. The fraction of sp³-hybridized carbons (Fsp3) is 0.857. The maximum absolute atomic E-state index is 10.7. The van der Waals surface area contributed by atoms with Gasteiger partial charge in [0, 0.05) is 20.1 Å². The third-order valence-corrected chi connectivity index (χ3v) is 1.78. The Kier molecular flexibility index (Phi) is 6.56. The van der Waals surface area contributed by atoms with Crippen molar-refractivity contribution in [3.63, 3.8) is 0 Å². The van der Waals surface area contributed by atoms with Crippen molar-refractivity contribution in [2.45, 2.75) is 18.2 Å². The van der Waals surface area contributed by atoms with Crippen LogP contribution in [0.2, 0.25) is 0 Å². The Morgan fingerprint density at radius 2 is 2.36 bits per heavy atom. The molecule has 11 heavy (non-hydrogen) atoms. The Labute approximate surface area is 75.6 Å². The van der Waals surface area contributed by atoms with E-state index in [2.05, 4.69) is 21.2 Å². The van der Waals surface area contributed by atoms with E-state index in [-0.39, 0.29) is 10.7 Å². The van der Waals surface area contributed by atoms with Crippen LogP contribution in [0.15, 0.2) is 0 Å². The van der Waals surface area contributed by atoms with Crippen LogP contribution in [-0.4, -0.2) is 31.0 Å². The number of alkyl halides is 1. The molecule has 1 N–H and O–H groups in total. The average Bonchev–Trinajstić information content (AvgIpc) is 2.01. The minimum absolute atomic E-state index is 0.0746. The zero-order chi connectivity index (χ0) is 8.69. The lowest BCUT2D eigenvalue weighted by atomic mass is 10.4. The molecule has 0 aliphatic rings. The van der Waals surface area contributed by atoms with Crippen molar-refractivity contribution in [2.75, 3.05) is 20.3 Å². The first-order valence-corrected chi connectivity index (χ1v) is 4.52. The average molecular weight is 224 g/mol. The van der Waals surface area contributed by atoms with Crippen molar-refractivity contribution in [1.82, 2.24) is 5.32 Å². The molecular weight excluding hydrogens is 210 g/mol. The standard InChI is InChI=1S/C7H14BrNO2/c1-3-7(10)9-4-6(8)5-11-2/h6H,3-5H2,1-2H3,(H,9,10). The molecule has 0 rings (SSSR count). The Balaban J connectivity index is 3.29. The first kappa shape index (κ1) is 10.9. The Morgan fingerprint density at radius 3 is 2.82 bits per heavy atom. The molecule has 0 aromatic heterocycles. The Hall–Kier alpha value is -0.0900. The highest BCUT2D eigenvalue weighted by Crippen LogP contribution is 1.97. The molecule has 0 bridgehead atoms. The van der Waals surface area contributed by atoms with E-state index in [0.29, 0.717) is 19.6 Å². The van der Waals surface area contributed by atoms with E-state index in [9.17, 15) is 4.79 Å². The Morgan fingerprint density at radius 1 is 1.73 bits per heavy atom. The summed E-state index contributed by atoms with van der Waals surface area (Å²) >= 11 is 3.36. The molecule has 66 valence electrons. The molecular formula is C7H14BrNO2. The smallest absolute Gasteiger partial charge is 0.219 e. The van der Waals surface area contributed by atoms with E-state index in [1.54, 1.807) is 7.11 Å². The lowest BCUT2D eigenvalue weighted by molar-refractivity contribution is -0.120. The summed E-state index contributed by atoms with van der Waals surface area (Å²) in [6.45, 7) is 3.07. The summed E-state index contributed by atoms with van der Waals surface area (Å²) in [4.78, 5) is 11.0. The molecule has 0 radical (unpaired) electrons. The van der Waals surface area contributed by atoms with Crippen LogP contribution in [0.25, 0.3) is 0 Å². The van der Waals surface area contributed by atoms with Gasteiger partial charge in [0.05, 0.1) is 11.4 Å². The lowest BCUT2D eigenvalue weighted by Gasteiger charge is -2.08. The number of methoxy groups -OCH3 is 1. The van der Waals surface area contributed by atoms with Crippen LogP contribution in [0.5, 0.6) is 0 Å². The van der Waals surface area contributed by atoms with Crippen LogP contribution in [0.1, 0.15) is 13.3 Å². The van der Waals surface area contributed by atoms with Crippen molar-refractivity contribution >= 4 is 21.8 Å². The molecule has 0 aromatic carbocycles. The zero-order valence-corrected chi connectivity index (χ0v) is 8.48. The monoisotopic (exact) mass is 223 g/mol. The van der Waals surface area contributed by atoms with Gasteiger partial charge in [0.15, 0.2) is 0 Å². The molecule has 0 saturated heterocycles. The molecule has 0 heterocycles. The number of ether oxygens (including phenoxy) is 1. The van der Waals surface area contributed by atoms with Gasteiger partial charge in [0.25, 0.3) is 0 Å². The topological polar surface area (TPSA) is 38.3 Å². The van der Waals surface area contributed by atoms with Crippen LogP contribution in [-0.2, 0) is 9.53 Å². The fourth-order valence-corrected chi connectivity index (χ4v) is 1.02. The largest absolute Gasteiger partial charge is 0.383 e. The quantitative estimate of drug-likeness (QED) is 0.705. The summed E-state index contributed by atoms with van der Waals surface area (Å²) < 4.78 is 4.87. The van der Waals surface area contributed by atoms with E-state index in [4.69, 9.17) is 4.74 Å². The maximum atomic E-state index is 10.7. The summed E-state index contributed by atoms with van der Waals surface area (Å²) in [5.41, 5.74) is 0. The number of amides is 1. The second-order valence-electron chi connectivity index (χ2n) is 2.21. The highest BCUT2D eigenvalue weighted by molar-refractivity contribution is 9.09. The van der Waals surface area contributed by atoms with Crippen LogP contribution >= 0.6 is 15.9 Å². The van der Waals surface area contributed by atoms with Gasteiger partial charge in [-0.1, -0.05) is 22.9 Å². The number of nitrogens with one attached hydrogen (secondary N) is 1. The SMILES string of the molecule is CCC(=O)NCC(Br)COC. The third-order valence-electron chi connectivity index (χ3n) is 1.19. The maximum Gasteiger partial charge on any atom is 0.219 e. The molecule has 0 aliphatic carbocycles. The van der Waals surface area contributed by atoms with E-state index in [0.717, 1.165) is 0 Å². The molecule has 1 amide bonds. The van der Waals surface area contributed by atoms with Crippen molar-refractivity contribution in [3.8, 4) is 0 Å². The predicted molar refractivity (Wildman–Crippen MR) is 47.9 cm³/mol. The number of carbonyl (C=O) groups is 1. The fourth-order valence-electron chi connectivity index (χ4n) is 0.589. The van der Waals surface area contributed by atoms with Crippen molar-refractivity contribution in [3.05, 3.63) is 0 Å². The number of hydrogen-bond donors (Lipinski definition) is 1. The normalized spacial score (nSPS) is 12.6. The van der Waals surface area contributed by atoms with Gasteiger partial charge in [0.2, 0.25) is 5.91 Å². The number of halogens is 1. The van der Waals surface area contributed by atoms with Gasteiger partial charge in [-0.3, -0.25) is 4.79 Å². The van der Waals surface area contributed by atoms with Crippen LogP contribution in [0, 0.1) is 0 Å². The molecule has 0 aromatic rings. The predicted octanol–water partition coefficient (Wildman–Crippen LogP) is 0.922. The molecule has 1 unspecified atom stereocenters. The summed E-state index contributed by atoms with van der Waals surface area (Å²) in [7, 11) is 1.63.